The molecule has 1 amide bonds. The van der Waals surface area contributed by atoms with Crippen LogP contribution in [0.4, 0.5) is 5.69 Å². The van der Waals surface area contributed by atoms with E-state index >= 15 is 0 Å². The van der Waals surface area contributed by atoms with Gasteiger partial charge in [-0.2, -0.15) is 0 Å². The standard InChI is InChI=1S/C12H14ClNO4S/c1-8(2)12(15)14-5-6-18-11-4-3-9(7-10(11)14)19(13,16)17/h3-4,7-8H,5-6H2,1-2H3. The summed E-state index contributed by atoms with van der Waals surface area (Å²) in [5.41, 5.74) is 0.451. The number of nitrogens with zero attached hydrogens (tertiary/aromatic N) is 1. The highest BCUT2D eigenvalue weighted by atomic mass is 35.7. The molecule has 1 aromatic rings. The fourth-order valence-electron chi connectivity index (χ4n) is 1.89. The van der Waals surface area contributed by atoms with Gasteiger partial charge >= 0.3 is 0 Å². The van der Waals surface area contributed by atoms with Crippen LogP contribution in [0.3, 0.4) is 0 Å². The summed E-state index contributed by atoms with van der Waals surface area (Å²) < 4.78 is 28.1. The third kappa shape index (κ3) is 2.84. The number of halogens is 1. The maximum atomic E-state index is 12.1. The van der Waals surface area contributed by atoms with Gasteiger partial charge in [0.1, 0.15) is 12.4 Å². The van der Waals surface area contributed by atoms with Crippen molar-refractivity contribution in [1.29, 1.82) is 0 Å². The summed E-state index contributed by atoms with van der Waals surface area (Å²) in [6.45, 7) is 4.37. The SMILES string of the molecule is CC(C)C(=O)N1CCOc2ccc(S(=O)(=O)Cl)cc21. The minimum atomic E-state index is -3.83. The third-order valence-corrected chi connectivity index (χ3v) is 4.19. The molecule has 1 aliphatic rings. The van der Waals surface area contributed by atoms with Gasteiger partial charge in [-0.25, -0.2) is 8.42 Å². The van der Waals surface area contributed by atoms with E-state index in [4.69, 9.17) is 15.4 Å². The third-order valence-electron chi connectivity index (χ3n) is 2.84. The van der Waals surface area contributed by atoms with Gasteiger partial charge in [-0.3, -0.25) is 4.79 Å². The normalized spacial score (nSPS) is 15.1. The number of hydrogen-bond acceptors (Lipinski definition) is 4. The van der Waals surface area contributed by atoms with E-state index in [1.807, 2.05) is 0 Å². The summed E-state index contributed by atoms with van der Waals surface area (Å²) >= 11 is 0. The molecule has 1 heterocycles. The number of carbonyl (C=O) groups is 1. The molecule has 7 heteroatoms. The van der Waals surface area contributed by atoms with Crippen LogP contribution in [-0.4, -0.2) is 27.5 Å². The maximum absolute atomic E-state index is 12.1. The first kappa shape index (κ1) is 14.1. The summed E-state index contributed by atoms with van der Waals surface area (Å²) in [5.74, 6) is 0.236. The first-order chi connectivity index (χ1) is 8.80. The molecular weight excluding hydrogens is 290 g/mol. The van der Waals surface area contributed by atoms with Crippen LogP contribution >= 0.6 is 10.7 Å². The molecule has 0 fully saturated rings. The van der Waals surface area contributed by atoms with Crippen LogP contribution in [-0.2, 0) is 13.8 Å². The Hall–Kier alpha value is -1.27. The van der Waals surface area contributed by atoms with Gasteiger partial charge < -0.3 is 9.64 Å². The van der Waals surface area contributed by atoms with Crippen LogP contribution in [0.25, 0.3) is 0 Å². The predicted octanol–water partition coefficient (Wildman–Crippen LogP) is 2.00. The van der Waals surface area contributed by atoms with Crippen molar-refractivity contribution in [2.24, 2.45) is 5.92 Å². The Bertz CT molecular complexity index is 612. The van der Waals surface area contributed by atoms with E-state index in [9.17, 15) is 13.2 Å². The first-order valence-electron chi connectivity index (χ1n) is 5.83. The summed E-state index contributed by atoms with van der Waals surface area (Å²) in [6, 6.07) is 4.26. The zero-order chi connectivity index (χ0) is 14.2. The maximum Gasteiger partial charge on any atom is 0.261 e. The van der Waals surface area contributed by atoms with E-state index in [0.717, 1.165) is 0 Å². The molecule has 0 spiro atoms. The lowest BCUT2D eigenvalue weighted by atomic mass is 10.1. The van der Waals surface area contributed by atoms with E-state index in [0.29, 0.717) is 24.6 Å². The molecule has 0 aliphatic carbocycles. The lowest BCUT2D eigenvalue weighted by molar-refractivity contribution is -0.121. The molecule has 0 bridgehead atoms. The topological polar surface area (TPSA) is 63.7 Å². The summed E-state index contributed by atoms with van der Waals surface area (Å²) in [7, 11) is 1.49. The highest BCUT2D eigenvalue weighted by Gasteiger charge is 2.27. The van der Waals surface area contributed by atoms with E-state index < -0.39 is 9.05 Å². The van der Waals surface area contributed by atoms with Crippen molar-refractivity contribution < 1.29 is 17.9 Å². The Balaban J connectivity index is 2.50. The summed E-state index contributed by atoms with van der Waals surface area (Å²) in [5, 5.41) is 0. The molecule has 0 N–H and O–H groups in total. The molecule has 0 unspecified atom stereocenters. The highest BCUT2D eigenvalue weighted by Crippen LogP contribution is 2.35. The number of rotatable bonds is 2. The molecule has 1 aromatic carbocycles. The average molecular weight is 304 g/mol. The zero-order valence-electron chi connectivity index (χ0n) is 10.6. The van der Waals surface area contributed by atoms with E-state index in [-0.39, 0.29) is 16.7 Å². The van der Waals surface area contributed by atoms with Crippen molar-refractivity contribution in [2.75, 3.05) is 18.1 Å². The van der Waals surface area contributed by atoms with Crippen molar-refractivity contribution in [3.8, 4) is 5.75 Å². The van der Waals surface area contributed by atoms with Crippen molar-refractivity contribution in [1.82, 2.24) is 0 Å². The Labute approximate surface area is 116 Å². The second kappa shape index (κ2) is 5.02. The van der Waals surface area contributed by atoms with Crippen molar-refractivity contribution in [3.63, 3.8) is 0 Å². The molecule has 104 valence electrons. The molecule has 0 saturated carbocycles. The van der Waals surface area contributed by atoms with Crippen molar-refractivity contribution >= 4 is 31.3 Å². The predicted molar refractivity (Wildman–Crippen MR) is 72.2 cm³/mol. The van der Waals surface area contributed by atoms with E-state index in [2.05, 4.69) is 0 Å². The largest absolute Gasteiger partial charge is 0.490 e. The molecule has 2 rings (SSSR count). The van der Waals surface area contributed by atoms with Crippen molar-refractivity contribution in [2.45, 2.75) is 18.7 Å². The quantitative estimate of drug-likeness (QED) is 0.784. The molecule has 0 aromatic heterocycles. The van der Waals surface area contributed by atoms with Crippen LogP contribution in [0.5, 0.6) is 5.75 Å². The van der Waals surface area contributed by atoms with Crippen LogP contribution in [0.2, 0.25) is 0 Å². The van der Waals surface area contributed by atoms with Gasteiger partial charge in [0, 0.05) is 16.6 Å². The molecule has 0 saturated heterocycles. The van der Waals surface area contributed by atoms with Gasteiger partial charge in [-0.15, -0.1) is 0 Å². The molecule has 1 aliphatic heterocycles. The number of anilines is 1. The van der Waals surface area contributed by atoms with Gasteiger partial charge in [0.2, 0.25) is 5.91 Å². The minimum Gasteiger partial charge on any atom is -0.490 e. The second-order valence-electron chi connectivity index (χ2n) is 4.56. The summed E-state index contributed by atoms with van der Waals surface area (Å²) in [6.07, 6.45) is 0. The van der Waals surface area contributed by atoms with Gasteiger partial charge in [0.25, 0.3) is 9.05 Å². The van der Waals surface area contributed by atoms with Crippen LogP contribution < -0.4 is 9.64 Å². The van der Waals surface area contributed by atoms with Gasteiger partial charge in [0.15, 0.2) is 0 Å². The van der Waals surface area contributed by atoms with Gasteiger partial charge in [-0.1, -0.05) is 13.8 Å². The Kier molecular flexibility index (Phi) is 3.73. The Morgan fingerprint density at radius 2 is 2.11 bits per heavy atom. The number of benzene rings is 1. The number of hydrogen-bond donors (Lipinski definition) is 0. The van der Waals surface area contributed by atoms with Gasteiger partial charge in [0.05, 0.1) is 17.1 Å². The highest BCUT2D eigenvalue weighted by molar-refractivity contribution is 8.13. The fraction of sp³-hybridized carbons (Fsp3) is 0.417. The minimum absolute atomic E-state index is 0.0417. The lowest BCUT2D eigenvalue weighted by Gasteiger charge is -2.31. The smallest absolute Gasteiger partial charge is 0.261 e. The van der Waals surface area contributed by atoms with Crippen LogP contribution in [0, 0.1) is 5.92 Å². The molecule has 19 heavy (non-hydrogen) atoms. The van der Waals surface area contributed by atoms with E-state index in [1.165, 1.54) is 23.1 Å². The first-order valence-corrected chi connectivity index (χ1v) is 8.14. The number of amides is 1. The van der Waals surface area contributed by atoms with Crippen molar-refractivity contribution in [3.05, 3.63) is 18.2 Å². The monoisotopic (exact) mass is 303 g/mol. The number of fused-ring (bicyclic) bond motifs is 1. The molecule has 0 atom stereocenters. The molecular formula is C12H14ClNO4S. The average Bonchev–Trinajstić information content (AvgIpc) is 2.35. The number of carbonyl (C=O) groups excluding carboxylic acids is 1. The molecule has 5 nitrogen and oxygen atoms in total. The lowest BCUT2D eigenvalue weighted by Crippen LogP contribution is -2.40. The zero-order valence-corrected chi connectivity index (χ0v) is 12.2. The summed E-state index contributed by atoms with van der Waals surface area (Å²) in [4.78, 5) is 13.6. The van der Waals surface area contributed by atoms with Crippen LogP contribution in [0.15, 0.2) is 23.1 Å². The fourth-order valence-corrected chi connectivity index (χ4v) is 2.66. The van der Waals surface area contributed by atoms with Crippen LogP contribution in [0.1, 0.15) is 13.8 Å². The van der Waals surface area contributed by atoms with Gasteiger partial charge in [-0.05, 0) is 18.2 Å². The Morgan fingerprint density at radius 1 is 1.42 bits per heavy atom. The van der Waals surface area contributed by atoms with E-state index in [1.54, 1.807) is 13.8 Å². The number of ether oxygens (including phenoxy) is 1. The Morgan fingerprint density at radius 3 is 2.68 bits per heavy atom. The molecule has 0 radical (unpaired) electrons. The second-order valence-corrected chi connectivity index (χ2v) is 7.13.